The van der Waals surface area contributed by atoms with Gasteiger partial charge in [0, 0.05) is 58.1 Å². The zero-order valence-electron chi connectivity index (χ0n) is 21.3. The topological polar surface area (TPSA) is 79.4 Å². The van der Waals surface area contributed by atoms with E-state index in [9.17, 15) is 4.79 Å². The number of primary amides is 1. The van der Waals surface area contributed by atoms with E-state index in [4.69, 9.17) is 5.73 Å². The van der Waals surface area contributed by atoms with Crippen LogP contribution in [0.25, 0.3) is 0 Å². The first-order valence-electron chi connectivity index (χ1n) is 13.2. The van der Waals surface area contributed by atoms with Gasteiger partial charge < -0.3 is 20.5 Å². The SMILES string of the molecule is Cc1ccccc1CN1CCc2ccccc2C(NCc2cncn2CC2CCN(C(N)=O)CC2)C1. The molecule has 1 saturated heterocycles. The van der Waals surface area contributed by atoms with E-state index in [2.05, 4.69) is 75.2 Å². The minimum atomic E-state index is -0.305. The highest BCUT2D eigenvalue weighted by Crippen LogP contribution is 2.26. The first kappa shape index (κ1) is 24.5. The van der Waals surface area contributed by atoms with Gasteiger partial charge in [0.2, 0.25) is 0 Å². The predicted octanol–water partition coefficient (Wildman–Crippen LogP) is 3.87. The fraction of sp³-hybridized carbons (Fsp3) is 0.448. The Morgan fingerprint density at radius 1 is 1.08 bits per heavy atom. The maximum absolute atomic E-state index is 11.4. The average Bonchev–Trinajstić information content (AvgIpc) is 3.25. The molecule has 0 bridgehead atoms. The predicted molar refractivity (Wildman–Crippen MR) is 142 cm³/mol. The van der Waals surface area contributed by atoms with Gasteiger partial charge in [-0.3, -0.25) is 4.90 Å². The monoisotopic (exact) mass is 486 g/mol. The van der Waals surface area contributed by atoms with E-state index in [1.165, 1.54) is 27.9 Å². The van der Waals surface area contributed by atoms with Gasteiger partial charge in [-0.15, -0.1) is 0 Å². The van der Waals surface area contributed by atoms with Crippen LogP contribution < -0.4 is 11.1 Å². The van der Waals surface area contributed by atoms with E-state index in [-0.39, 0.29) is 12.1 Å². The van der Waals surface area contributed by atoms with Crippen LogP contribution in [0.3, 0.4) is 0 Å². The Labute approximate surface area is 214 Å². The number of rotatable bonds is 7. The second-order valence-corrected chi connectivity index (χ2v) is 10.3. The third-order valence-electron chi connectivity index (χ3n) is 7.93. The molecule has 7 nitrogen and oxygen atoms in total. The molecule has 3 N–H and O–H groups in total. The molecule has 0 spiro atoms. The number of aryl methyl sites for hydroxylation is 1. The number of hydrogen-bond acceptors (Lipinski definition) is 4. The summed E-state index contributed by atoms with van der Waals surface area (Å²) in [4.78, 5) is 20.2. The maximum atomic E-state index is 11.4. The Hall–Kier alpha value is -3.16. The van der Waals surface area contributed by atoms with Crippen LogP contribution in [0.1, 0.15) is 46.8 Å². The lowest BCUT2D eigenvalue weighted by Gasteiger charge is -2.31. The fourth-order valence-corrected chi connectivity index (χ4v) is 5.68. The standard InChI is InChI=1S/C29H38N6O/c1-22-6-2-3-8-25(22)19-33-13-12-24-7-4-5-9-27(24)28(20-33)32-17-26-16-31-21-35(26)18-23-10-14-34(15-11-23)29(30)36/h2-9,16,21,23,28,32H,10-15,17-20H2,1H3,(H2,30,36). The van der Waals surface area contributed by atoms with Crippen LogP contribution in [0.5, 0.6) is 0 Å². The highest BCUT2D eigenvalue weighted by Gasteiger charge is 2.25. The molecule has 190 valence electrons. The van der Waals surface area contributed by atoms with Gasteiger partial charge in [0.25, 0.3) is 0 Å². The van der Waals surface area contributed by atoms with Gasteiger partial charge in [0.15, 0.2) is 0 Å². The van der Waals surface area contributed by atoms with Crippen LogP contribution in [-0.2, 0) is 26.1 Å². The van der Waals surface area contributed by atoms with Gasteiger partial charge in [0.05, 0.1) is 12.0 Å². The van der Waals surface area contributed by atoms with E-state index in [0.29, 0.717) is 5.92 Å². The molecular formula is C29H38N6O. The second-order valence-electron chi connectivity index (χ2n) is 10.3. The summed E-state index contributed by atoms with van der Waals surface area (Å²) in [6, 6.07) is 17.6. The number of imidazole rings is 1. The number of benzene rings is 2. The number of nitrogens with zero attached hydrogens (tertiary/aromatic N) is 4. The maximum Gasteiger partial charge on any atom is 0.314 e. The summed E-state index contributed by atoms with van der Waals surface area (Å²) in [6.07, 6.45) is 6.97. The zero-order valence-corrected chi connectivity index (χ0v) is 21.3. The van der Waals surface area contributed by atoms with Crippen LogP contribution in [-0.4, -0.2) is 51.6 Å². The van der Waals surface area contributed by atoms with Crippen molar-refractivity contribution in [3.05, 3.63) is 89.0 Å². The lowest BCUT2D eigenvalue weighted by atomic mass is 9.97. The highest BCUT2D eigenvalue weighted by atomic mass is 16.2. The van der Waals surface area contributed by atoms with E-state index in [0.717, 1.165) is 65.1 Å². The minimum absolute atomic E-state index is 0.259. The van der Waals surface area contributed by atoms with E-state index < -0.39 is 0 Å². The van der Waals surface area contributed by atoms with Gasteiger partial charge in [-0.2, -0.15) is 0 Å². The zero-order chi connectivity index (χ0) is 24.9. The van der Waals surface area contributed by atoms with Crippen molar-refractivity contribution in [3.63, 3.8) is 0 Å². The molecule has 1 aromatic heterocycles. The quantitative estimate of drug-likeness (QED) is 0.531. The number of carbonyl (C=O) groups is 1. The Morgan fingerprint density at radius 3 is 2.67 bits per heavy atom. The van der Waals surface area contributed by atoms with Crippen LogP contribution >= 0.6 is 0 Å². The number of carbonyl (C=O) groups excluding carboxylic acids is 1. The van der Waals surface area contributed by atoms with Crippen LogP contribution in [0.15, 0.2) is 61.1 Å². The van der Waals surface area contributed by atoms with E-state index >= 15 is 0 Å². The summed E-state index contributed by atoms with van der Waals surface area (Å²) in [7, 11) is 0. The molecule has 2 aromatic carbocycles. The molecule has 2 amide bonds. The average molecular weight is 487 g/mol. The molecule has 0 aliphatic carbocycles. The third-order valence-corrected chi connectivity index (χ3v) is 7.93. The Balaban J connectivity index is 1.25. The Kier molecular flexibility index (Phi) is 7.68. The van der Waals surface area contributed by atoms with Crippen LogP contribution in [0, 0.1) is 12.8 Å². The smallest absolute Gasteiger partial charge is 0.314 e. The number of piperidine rings is 1. The van der Waals surface area contributed by atoms with Gasteiger partial charge in [-0.1, -0.05) is 48.5 Å². The molecule has 36 heavy (non-hydrogen) atoms. The number of aromatic nitrogens is 2. The number of nitrogens with one attached hydrogen (secondary N) is 1. The van der Waals surface area contributed by atoms with Gasteiger partial charge in [-0.05, 0) is 54.4 Å². The van der Waals surface area contributed by atoms with Gasteiger partial charge in [0.1, 0.15) is 0 Å². The third kappa shape index (κ3) is 5.79. The van der Waals surface area contributed by atoms with Gasteiger partial charge in [-0.25, -0.2) is 9.78 Å². The summed E-state index contributed by atoms with van der Waals surface area (Å²) < 4.78 is 2.28. The normalized spacial score (nSPS) is 19.1. The molecule has 2 aliphatic rings. The van der Waals surface area contributed by atoms with Crippen molar-refractivity contribution < 1.29 is 4.79 Å². The summed E-state index contributed by atoms with van der Waals surface area (Å²) in [5.41, 5.74) is 12.3. The van der Waals surface area contributed by atoms with Crippen molar-refractivity contribution in [2.45, 2.75) is 51.9 Å². The Morgan fingerprint density at radius 2 is 1.86 bits per heavy atom. The summed E-state index contributed by atoms with van der Waals surface area (Å²) in [6.45, 7) is 8.42. The van der Waals surface area contributed by atoms with E-state index in [1.54, 1.807) is 4.90 Å². The molecule has 2 aliphatic heterocycles. The molecule has 0 saturated carbocycles. The van der Waals surface area contributed by atoms with Crippen LogP contribution in [0.4, 0.5) is 4.79 Å². The second kappa shape index (κ2) is 11.3. The van der Waals surface area contributed by atoms with Crippen molar-refractivity contribution in [3.8, 4) is 0 Å². The highest BCUT2D eigenvalue weighted by molar-refractivity contribution is 5.72. The van der Waals surface area contributed by atoms with Crippen molar-refractivity contribution in [2.24, 2.45) is 11.7 Å². The molecule has 5 rings (SSSR count). The Bertz CT molecular complexity index is 1170. The van der Waals surface area contributed by atoms with Crippen molar-refractivity contribution in [1.82, 2.24) is 24.7 Å². The van der Waals surface area contributed by atoms with Crippen molar-refractivity contribution in [2.75, 3.05) is 26.2 Å². The van der Waals surface area contributed by atoms with Gasteiger partial charge >= 0.3 is 6.03 Å². The fourth-order valence-electron chi connectivity index (χ4n) is 5.68. The molecule has 1 atom stereocenters. The van der Waals surface area contributed by atoms with Crippen LogP contribution in [0.2, 0.25) is 0 Å². The number of nitrogens with two attached hydrogens (primary N) is 1. The first-order chi connectivity index (χ1) is 17.6. The summed E-state index contributed by atoms with van der Waals surface area (Å²) >= 11 is 0. The largest absolute Gasteiger partial charge is 0.351 e. The molecule has 1 unspecified atom stereocenters. The molecular weight excluding hydrogens is 448 g/mol. The van der Waals surface area contributed by atoms with E-state index in [1.807, 2.05) is 12.5 Å². The lowest BCUT2D eigenvalue weighted by Crippen LogP contribution is -2.42. The molecule has 3 heterocycles. The lowest BCUT2D eigenvalue weighted by molar-refractivity contribution is 0.173. The number of amides is 2. The first-order valence-corrected chi connectivity index (χ1v) is 13.2. The number of urea groups is 1. The summed E-state index contributed by atoms with van der Waals surface area (Å²) in [5, 5.41) is 3.88. The number of likely N-dealkylation sites (tertiary alicyclic amines) is 1. The molecule has 0 radical (unpaired) electrons. The number of fused-ring (bicyclic) bond motifs is 1. The molecule has 7 heteroatoms. The van der Waals surface area contributed by atoms with Crippen molar-refractivity contribution in [1.29, 1.82) is 0 Å². The minimum Gasteiger partial charge on any atom is -0.351 e. The number of hydrogen-bond donors (Lipinski definition) is 2. The molecule has 1 fully saturated rings. The van der Waals surface area contributed by atoms with Crippen molar-refractivity contribution >= 4 is 6.03 Å². The summed E-state index contributed by atoms with van der Waals surface area (Å²) in [5.74, 6) is 0.539. The molecule has 3 aromatic rings.